The number of nitrogens with one attached hydrogen (secondary N) is 1. The van der Waals surface area contributed by atoms with Gasteiger partial charge in [-0.3, -0.25) is 4.90 Å². The Hall–Kier alpha value is -2.04. The molecule has 4 nitrogen and oxygen atoms in total. The van der Waals surface area contributed by atoms with Crippen LogP contribution in [0.1, 0.15) is 26.2 Å². The van der Waals surface area contributed by atoms with Gasteiger partial charge in [0.2, 0.25) is 0 Å². The molecule has 5 rings (SSSR count). The molecule has 1 aromatic carbocycles. The van der Waals surface area contributed by atoms with Gasteiger partial charge in [0.15, 0.2) is 0 Å². The molecule has 0 aromatic heterocycles. The SMILES string of the molecule is CC1=CN2C3=C(CCC=C3)C[C@H]2[C@H]2C1NCCN2CCOc1ccccc1. The van der Waals surface area contributed by atoms with E-state index in [1.54, 1.807) is 5.57 Å². The molecule has 4 heteroatoms. The van der Waals surface area contributed by atoms with Gasteiger partial charge >= 0.3 is 0 Å². The van der Waals surface area contributed by atoms with E-state index >= 15 is 0 Å². The van der Waals surface area contributed by atoms with Crippen LogP contribution >= 0.6 is 0 Å². The maximum atomic E-state index is 6.01. The highest BCUT2D eigenvalue weighted by Gasteiger charge is 2.46. The van der Waals surface area contributed by atoms with Gasteiger partial charge in [-0.05, 0) is 55.5 Å². The van der Waals surface area contributed by atoms with Gasteiger partial charge in [-0.2, -0.15) is 0 Å². The normalized spacial score (nSPS) is 29.9. The predicted octanol–water partition coefficient (Wildman–Crippen LogP) is 3.30. The third-order valence-electron chi connectivity index (χ3n) is 6.49. The molecule has 0 bridgehead atoms. The monoisotopic (exact) mass is 363 g/mol. The standard InChI is InChI=1S/C23H29N3O/c1-17-16-26-20-10-6-5-7-18(20)15-21(26)23-22(17)24-11-12-25(23)13-14-27-19-8-3-2-4-9-19/h2-4,6,8-10,16,21-24H,5,7,11-15H2,1H3/t21-,22?,23-/m0/s1. The molecule has 3 aliphatic heterocycles. The smallest absolute Gasteiger partial charge is 0.119 e. The average Bonchev–Trinajstić information content (AvgIpc) is 3.08. The fourth-order valence-corrected chi connectivity index (χ4v) is 5.25. The lowest BCUT2D eigenvalue weighted by molar-refractivity contribution is 0.0565. The second kappa shape index (κ2) is 7.17. The summed E-state index contributed by atoms with van der Waals surface area (Å²) in [5.41, 5.74) is 4.58. The van der Waals surface area contributed by atoms with Crippen LogP contribution in [0.25, 0.3) is 0 Å². The van der Waals surface area contributed by atoms with Gasteiger partial charge < -0.3 is 15.0 Å². The molecule has 4 aliphatic rings. The Morgan fingerprint density at radius 3 is 3.00 bits per heavy atom. The molecule has 0 spiro atoms. The van der Waals surface area contributed by atoms with Crippen molar-refractivity contribution in [3.05, 3.63) is 65.5 Å². The van der Waals surface area contributed by atoms with Crippen LogP contribution in [0.15, 0.2) is 65.5 Å². The van der Waals surface area contributed by atoms with Crippen molar-refractivity contribution < 1.29 is 4.74 Å². The summed E-state index contributed by atoms with van der Waals surface area (Å²) in [5, 5.41) is 3.79. The molecule has 1 aliphatic carbocycles. The van der Waals surface area contributed by atoms with Gasteiger partial charge in [0.1, 0.15) is 12.4 Å². The summed E-state index contributed by atoms with van der Waals surface area (Å²) in [6.07, 6.45) is 10.7. The van der Waals surface area contributed by atoms with Crippen LogP contribution in [0.5, 0.6) is 5.75 Å². The van der Waals surface area contributed by atoms with Crippen LogP contribution in [0.3, 0.4) is 0 Å². The minimum absolute atomic E-state index is 0.460. The lowest BCUT2D eigenvalue weighted by Gasteiger charge is -2.50. The van der Waals surface area contributed by atoms with E-state index in [9.17, 15) is 0 Å². The first-order chi connectivity index (χ1) is 13.3. The van der Waals surface area contributed by atoms with Gasteiger partial charge in [0.05, 0.1) is 12.1 Å². The molecule has 142 valence electrons. The number of benzene rings is 1. The summed E-state index contributed by atoms with van der Waals surface area (Å²) in [4.78, 5) is 5.24. The van der Waals surface area contributed by atoms with Crippen LogP contribution in [0.2, 0.25) is 0 Å². The third kappa shape index (κ3) is 3.11. The van der Waals surface area contributed by atoms with Crippen LogP contribution < -0.4 is 10.1 Å². The van der Waals surface area contributed by atoms with E-state index < -0.39 is 0 Å². The van der Waals surface area contributed by atoms with E-state index in [1.807, 2.05) is 30.3 Å². The zero-order chi connectivity index (χ0) is 18.2. The van der Waals surface area contributed by atoms with Gasteiger partial charge in [-0.1, -0.05) is 24.3 Å². The second-order valence-corrected chi connectivity index (χ2v) is 8.10. The minimum atomic E-state index is 0.460. The maximum Gasteiger partial charge on any atom is 0.119 e. The average molecular weight is 364 g/mol. The lowest BCUT2D eigenvalue weighted by atomic mass is 9.86. The van der Waals surface area contributed by atoms with Crippen LogP contribution in [0, 0.1) is 0 Å². The summed E-state index contributed by atoms with van der Waals surface area (Å²) < 4.78 is 6.01. The number of ether oxygens (including phenoxy) is 1. The summed E-state index contributed by atoms with van der Waals surface area (Å²) in [5.74, 6) is 0.966. The van der Waals surface area contributed by atoms with E-state index in [0.29, 0.717) is 18.1 Å². The summed E-state index contributed by atoms with van der Waals surface area (Å²) in [7, 11) is 0. The number of fused-ring (bicyclic) bond motifs is 4. The van der Waals surface area contributed by atoms with E-state index in [4.69, 9.17) is 4.74 Å². The van der Waals surface area contributed by atoms with Crippen molar-refractivity contribution in [1.29, 1.82) is 0 Å². The van der Waals surface area contributed by atoms with Crippen molar-refractivity contribution in [3.63, 3.8) is 0 Å². The number of rotatable bonds is 4. The molecule has 1 fully saturated rings. The first-order valence-electron chi connectivity index (χ1n) is 10.3. The van der Waals surface area contributed by atoms with Crippen LogP contribution in [-0.2, 0) is 0 Å². The molecule has 1 aromatic rings. The highest BCUT2D eigenvalue weighted by Crippen LogP contribution is 2.42. The molecule has 1 saturated heterocycles. The maximum absolute atomic E-state index is 6.01. The fourth-order valence-electron chi connectivity index (χ4n) is 5.25. The van der Waals surface area contributed by atoms with Gasteiger partial charge in [-0.25, -0.2) is 0 Å². The molecule has 3 heterocycles. The van der Waals surface area contributed by atoms with Gasteiger partial charge in [-0.15, -0.1) is 0 Å². The number of nitrogens with zero attached hydrogens (tertiary/aromatic N) is 2. The zero-order valence-corrected chi connectivity index (χ0v) is 16.1. The van der Waals surface area contributed by atoms with E-state index in [1.165, 1.54) is 30.5 Å². The Bertz CT molecular complexity index is 782. The predicted molar refractivity (Wildman–Crippen MR) is 108 cm³/mol. The van der Waals surface area contributed by atoms with E-state index in [2.05, 4.69) is 40.4 Å². The summed E-state index contributed by atoms with van der Waals surface area (Å²) >= 11 is 0. The first-order valence-corrected chi connectivity index (χ1v) is 10.3. The van der Waals surface area contributed by atoms with Gasteiger partial charge in [0, 0.05) is 37.6 Å². The first kappa shape index (κ1) is 17.1. The number of para-hydroxylation sites is 1. The molecule has 0 amide bonds. The van der Waals surface area contributed by atoms with Crippen molar-refractivity contribution >= 4 is 0 Å². The van der Waals surface area contributed by atoms with Crippen molar-refractivity contribution in [2.24, 2.45) is 0 Å². The number of allylic oxidation sites excluding steroid dienone is 2. The largest absolute Gasteiger partial charge is 0.492 e. The quantitative estimate of drug-likeness (QED) is 0.888. The molecule has 27 heavy (non-hydrogen) atoms. The highest BCUT2D eigenvalue weighted by atomic mass is 16.5. The Morgan fingerprint density at radius 1 is 1.22 bits per heavy atom. The fraction of sp³-hybridized carbons (Fsp3) is 0.478. The minimum Gasteiger partial charge on any atom is -0.492 e. The highest BCUT2D eigenvalue weighted by molar-refractivity contribution is 5.40. The molecule has 0 saturated carbocycles. The van der Waals surface area contributed by atoms with Crippen LogP contribution in [-0.4, -0.2) is 54.2 Å². The molecule has 3 atom stereocenters. The molecule has 1 N–H and O–H groups in total. The van der Waals surface area contributed by atoms with Gasteiger partial charge in [0.25, 0.3) is 0 Å². The summed E-state index contributed by atoms with van der Waals surface area (Å²) in [6, 6.07) is 11.7. The van der Waals surface area contributed by atoms with Crippen molar-refractivity contribution in [3.8, 4) is 5.75 Å². The van der Waals surface area contributed by atoms with Crippen LogP contribution in [0.4, 0.5) is 0 Å². The molecule has 0 radical (unpaired) electrons. The van der Waals surface area contributed by atoms with Crippen molar-refractivity contribution in [2.45, 2.75) is 44.3 Å². The zero-order valence-electron chi connectivity index (χ0n) is 16.1. The Kier molecular flexibility index (Phi) is 4.54. The van der Waals surface area contributed by atoms with E-state index in [0.717, 1.165) is 32.0 Å². The third-order valence-corrected chi connectivity index (χ3v) is 6.49. The van der Waals surface area contributed by atoms with Crippen molar-refractivity contribution in [1.82, 2.24) is 15.1 Å². The number of piperazine rings is 1. The Morgan fingerprint density at radius 2 is 2.11 bits per heavy atom. The molecule has 1 unspecified atom stereocenters. The second-order valence-electron chi connectivity index (χ2n) is 8.10. The number of hydrogen-bond donors (Lipinski definition) is 1. The Labute approximate surface area is 162 Å². The van der Waals surface area contributed by atoms with E-state index in [-0.39, 0.29) is 0 Å². The topological polar surface area (TPSA) is 27.7 Å². The number of hydrogen-bond acceptors (Lipinski definition) is 4. The molecular weight excluding hydrogens is 334 g/mol. The van der Waals surface area contributed by atoms with Crippen molar-refractivity contribution in [2.75, 3.05) is 26.2 Å². The summed E-state index contributed by atoms with van der Waals surface area (Å²) in [6.45, 7) is 6.16. The molecular formula is C23H29N3O. The Balaban J connectivity index is 1.33. The lowest BCUT2D eigenvalue weighted by Crippen LogP contribution is -2.66.